The van der Waals surface area contributed by atoms with Gasteiger partial charge in [0.05, 0.1) is 0 Å². The van der Waals surface area contributed by atoms with Crippen molar-refractivity contribution in [2.75, 3.05) is 12.0 Å². The van der Waals surface area contributed by atoms with E-state index in [1.54, 1.807) is 17.8 Å². The third-order valence-corrected chi connectivity index (χ3v) is 9.14. The monoisotopic (exact) mass is 580 g/mol. The second-order valence-electron chi connectivity index (χ2n) is 11.3. The van der Waals surface area contributed by atoms with Gasteiger partial charge in [-0.25, -0.2) is 4.79 Å². The second-order valence-corrected chi connectivity index (χ2v) is 12.3. The molecule has 2 aromatic carbocycles. The fourth-order valence-corrected chi connectivity index (χ4v) is 6.54. The number of carboxylic acids is 1. The molecule has 2 saturated carbocycles. The minimum Gasteiger partial charge on any atom is -0.480 e. The number of carbonyl (C=O) groups is 3. The van der Waals surface area contributed by atoms with E-state index in [1.807, 2.05) is 49.6 Å². The van der Waals surface area contributed by atoms with Gasteiger partial charge in [0.25, 0.3) is 5.91 Å². The predicted molar refractivity (Wildman–Crippen MR) is 170 cm³/mol. The van der Waals surface area contributed by atoms with Gasteiger partial charge >= 0.3 is 5.97 Å². The number of benzene rings is 2. The molecule has 2 aromatic rings. The van der Waals surface area contributed by atoms with Crippen LogP contribution in [0.3, 0.4) is 0 Å². The number of carboxylic acid groups (broad SMARTS) is 1. The summed E-state index contributed by atoms with van der Waals surface area (Å²) in [6.07, 6.45) is 17.3. The largest absolute Gasteiger partial charge is 0.480 e. The van der Waals surface area contributed by atoms with Crippen LogP contribution in [0.2, 0.25) is 0 Å². The lowest BCUT2D eigenvalue weighted by Crippen LogP contribution is -2.44. The molecule has 0 aliphatic heterocycles. The first kappa shape index (κ1) is 32.7. The van der Waals surface area contributed by atoms with Gasteiger partial charge in [-0.15, -0.1) is 0 Å². The molecule has 0 saturated heterocycles. The van der Waals surface area contributed by atoms with Gasteiger partial charge in [-0.3, -0.25) is 9.59 Å². The average molecular weight is 581 g/mol. The summed E-state index contributed by atoms with van der Waals surface area (Å²) >= 11 is 1.56. The topological polar surface area (TPSA) is 86.7 Å². The summed E-state index contributed by atoms with van der Waals surface area (Å²) in [7, 11) is 0. The number of aryl methyl sites for hydroxylation is 2. The summed E-state index contributed by atoms with van der Waals surface area (Å²) in [5, 5.41) is 12.1. The smallest absolute Gasteiger partial charge is 0.326 e. The van der Waals surface area contributed by atoms with Crippen LogP contribution < -0.4 is 5.32 Å². The van der Waals surface area contributed by atoms with Crippen LogP contribution in [0.4, 0.5) is 0 Å². The van der Waals surface area contributed by atoms with Gasteiger partial charge in [-0.1, -0.05) is 81.8 Å². The molecule has 6 nitrogen and oxygen atoms in total. The highest BCUT2D eigenvalue weighted by Crippen LogP contribution is 2.30. The van der Waals surface area contributed by atoms with Crippen LogP contribution in [-0.4, -0.2) is 58.4 Å². The third-order valence-electron chi connectivity index (χ3n) is 8.50. The molecule has 224 valence electrons. The lowest BCUT2D eigenvalue weighted by atomic mass is 9.89. The molecular formula is C34H48N2O4S. The predicted octanol–water partition coefficient (Wildman–Crippen LogP) is 7.27. The molecule has 2 fully saturated rings. The molecule has 0 radical (unpaired) electrons. The first-order valence-electron chi connectivity index (χ1n) is 15.3. The third kappa shape index (κ3) is 9.63. The molecule has 2 N–H and O–H groups in total. The van der Waals surface area contributed by atoms with Crippen molar-refractivity contribution in [3.05, 3.63) is 59.2 Å². The average Bonchev–Trinajstić information content (AvgIpc) is 3.00. The van der Waals surface area contributed by atoms with Crippen molar-refractivity contribution in [3.8, 4) is 11.1 Å². The van der Waals surface area contributed by atoms with E-state index < -0.39 is 12.0 Å². The van der Waals surface area contributed by atoms with Gasteiger partial charge in [-0.2, -0.15) is 11.8 Å². The number of aliphatic carboxylic acids is 1. The summed E-state index contributed by atoms with van der Waals surface area (Å²) in [6, 6.07) is 13.9. The van der Waals surface area contributed by atoms with Crippen molar-refractivity contribution in [3.63, 3.8) is 0 Å². The van der Waals surface area contributed by atoms with Gasteiger partial charge in [0.1, 0.15) is 6.04 Å². The molecule has 41 heavy (non-hydrogen) atoms. The van der Waals surface area contributed by atoms with E-state index in [9.17, 15) is 19.5 Å². The highest BCUT2D eigenvalue weighted by molar-refractivity contribution is 7.98. The number of hydrogen-bond acceptors (Lipinski definition) is 4. The first-order chi connectivity index (χ1) is 19.9. The summed E-state index contributed by atoms with van der Waals surface area (Å²) in [5.41, 5.74) is 4.55. The van der Waals surface area contributed by atoms with Gasteiger partial charge in [-0.05, 0) is 85.8 Å². The van der Waals surface area contributed by atoms with E-state index in [4.69, 9.17) is 0 Å². The standard InChI is InChI=1S/C21H25NO3S.C13H23NO/c1-4-15-9-10-17(18(13-15)16-8-6-5-7-14(16)2)20(23)22-19(21(24)25)11-12-26-3;15-11-14(12-7-3-1-4-8-12)13-9-5-2-6-10-13/h5-10,13,19H,4,11-12H2,1-3H3,(H,22,23)(H,24,25);11-13H,1-10H2. The molecule has 0 bridgehead atoms. The van der Waals surface area contributed by atoms with Crippen LogP contribution in [0.1, 0.15) is 99.0 Å². The van der Waals surface area contributed by atoms with Crippen molar-refractivity contribution < 1.29 is 19.5 Å². The Balaban J connectivity index is 0.000000260. The Bertz CT molecular complexity index is 1110. The number of nitrogens with one attached hydrogen (secondary N) is 1. The maximum atomic E-state index is 12.8. The molecule has 0 spiro atoms. The number of hydrogen-bond donors (Lipinski definition) is 2. The van der Waals surface area contributed by atoms with E-state index >= 15 is 0 Å². The lowest BCUT2D eigenvalue weighted by molar-refractivity contribution is -0.139. The molecule has 0 heterocycles. The Morgan fingerprint density at radius 2 is 1.59 bits per heavy atom. The van der Waals surface area contributed by atoms with Crippen molar-refractivity contribution in [2.45, 2.75) is 109 Å². The summed E-state index contributed by atoms with van der Waals surface area (Å²) < 4.78 is 0. The van der Waals surface area contributed by atoms with Crippen molar-refractivity contribution in [1.82, 2.24) is 10.2 Å². The summed E-state index contributed by atoms with van der Waals surface area (Å²) in [4.78, 5) is 37.7. The maximum Gasteiger partial charge on any atom is 0.326 e. The Morgan fingerprint density at radius 1 is 0.976 bits per heavy atom. The molecular weight excluding hydrogens is 532 g/mol. The van der Waals surface area contributed by atoms with Gasteiger partial charge < -0.3 is 15.3 Å². The van der Waals surface area contributed by atoms with E-state index in [1.165, 1.54) is 64.2 Å². The van der Waals surface area contributed by atoms with E-state index in [0.29, 0.717) is 29.8 Å². The Hall–Kier alpha value is -2.80. The minimum atomic E-state index is -1.00. The molecule has 1 unspecified atom stereocenters. The minimum absolute atomic E-state index is 0.348. The van der Waals surface area contributed by atoms with Gasteiger partial charge in [0.2, 0.25) is 6.41 Å². The number of amides is 2. The molecule has 7 heteroatoms. The van der Waals surface area contributed by atoms with Gasteiger partial charge in [0, 0.05) is 17.6 Å². The normalized spacial score (nSPS) is 16.7. The SMILES string of the molecule is CCc1ccc(C(=O)NC(CCSC)C(=O)O)c(-c2ccccc2C)c1.O=CN(C1CCCCC1)C1CCCCC1. The maximum absolute atomic E-state index is 12.8. The number of carbonyl (C=O) groups excluding carboxylic acids is 2. The van der Waals surface area contributed by atoms with Crippen LogP contribution >= 0.6 is 11.8 Å². The number of rotatable bonds is 11. The van der Waals surface area contributed by atoms with Crippen molar-refractivity contribution in [1.29, 1.82) is 0 Å². The van der Waals surface area contributed by atoms with Crippen LogP contribution in [-0.2, 0) is 16.0 Å². The first-order valence-corrected chi connectivity index (χ1v) is 16.7. The molecule has 4 rings (SSSR count). The zero-order valence-corrected chi connectivity index (χ0v) is 25.9. The van der Waals surface area contributed by atoms with Gasteiger partial charge in [0.15, 0.2) is 0 Å². The van der Waals surface area contributed by atoms with Crippen LogP contribution in [0, 0.1) is 6.92 Å². The Kier molecular flexibility index (Phi) is 13.7. The fraction of sp³-hybridized carbons (Fsp3) is 0.559. The molecule has 2 aliphatic rings. The molecule has 2 amide bonds. The van der Waals surface area contributed by atoms with Crippen molar-refractivity contribution in [2.24, 2.45) is 0 Å². The zero-order valence-electron chi connectivity index (χ0n) is 25.1. The van der Waals surface area contributed by atoms with E-state index in [-0.39, 0.29) is 5.91 Å². The van der Waals surface area contributed by atoms with E-state index in [0.717, 1.165) is 35.1 Å². The summed E-state index contributed by atoms with van der Waals surface area (Å²) in [6.45, 7) is 4.08. The molecule has 2 aliphatic carbocycles. The van der Waals surface area contributed by atoms with Crippen LogP contribution in [0.5, 0.6) is 0 Å². The molecule has 0 aromatic heterocycles. The Morgan fingerprint density at radius 3 is 2.10 bits per heavy atom. The van der Waals surface area contributed by atoms with Crippen LogP contribution in [0.25, 0.3) is 11.1 Å². The highest BCUT2D eigenvalue weighted by atomic mass is 32.2. The fourth-order valence-electron chi connectivity index (χ4n) is 6.06. The quantitative estimate of drug-likeness (QED) is 0.273. The van der Waals surface area contributed by atoms with Crippen molar-refractivity contribution >= 4 is 30.0 Å². The molecule has 1 atom stereocenters. The Labute approximate surface area is 250 Å². The lowest BCUT2D eigenvalue weighted by Gasteiger charge is -2.39. The number of nitrogens with zero attached hydrogens (tertiary/aromatic N) is 1. The zero-order chi connectivity index (χ0) is 29.6. The summed E-state index contributed by atoms with van der Waals surface area (Å²) in [5.74, 6) is -0.675. The highest BCUT2D eigenvalue weighted by Gasteiger charge is 2.27. The van der Waals surface area contributed by atoms with E-state index in [2.05, 4.69) is 17.1 Å². The van der Waals surface area contributed by atoms with Crippen LogP contribution in [0.15, 0.2) is 42.5 Å². The second kappa shape index (κ2) is 17.2. The number of thioether (sulfide) groups is 1.